The predicted octanol–water partition coefficient (Wildman–Crippen LogP) is 2.25. The van der Waals surface area contributed by atoms with Gasteiger partial charge in [0.2, 0.25) is 0 Å². The molecule has 1 aromatic heterocycles. The maximum atomic E-state index is 13.4. The molecule has 0 saturated heterocycles. The lowest BCUT2D eigenvalue weighted by molar-refractivity contribution is 0.277. The Labute approximate surface area is 110 Å². The monoisotopic (exact) mass is 261 g/mol. The van der Waals surface area contributed by atoms with Crippen LogP contribution in [0.25, 0.3) is 11.4 Å². The quantitative estimate of drug-likeness (QED) is 0.857. The first-order chi connectivity index (χ1) is 9.22. The largest absolute Gasteiger partial charge is 0.399 e. The van der Waals surface area contributed by atoms with Crippen LogP contribution in [0.5, 0.6) is 0 Å². The van der Waals surface area contributed by atoms with Gasteiger partial charge >= 0.3 is 0 Å². The Kier molecular flexibility index (Phi) is 3.15. The van der Waals surface area contributed by atoms with Gasteiger partial charge in [0.15, 0.2) is 5.82 Å². The number of tetrazole rings is 1. The maximum Gasteiger partial charge on any atom is 0.182 e. The number of anilines is 1. The molecule has 1 heterocycles. The minimum atomic E-state index is -0.372. The smallest absolute Gasteiger partial charge is 0.182 e. The van der Waals surface area contributed by atoms with Crippen molar-refractivity contribution in [2.75, 3.05) is 5.73 Å². The van der Waals surface area contributed by atoms with Crippen molar-refractivity contribution in [3.05, 3.63) is 24.0 Å². The van der Waals surface area contributed by atoms with E-state index in [0.29, 0.717) is 17.1 Å². The topological polar surface area (TPSA) is 69.6 Å². The van der Waals surface area contributed by atoms with E-state index in [0.717, 1.165) is 18.9 Å². The molecule has 0 radical (unpaired) electrons. The molecule has 0 spiro atoms. The van der Waals surface area contributed by atoms with E-state index < -0.39 is 0 Å². The van der Waals surface area contributed by atoms with Crippen LogP contribution in [-0.2, 0) is 6.54 Å². The number of nitrogens with two attached hydrogens (primary N) is 1. The average Bonchev–Trinajstić information content (AvgIpc) is 2.74. The third-order valence-electron chi connectivity index (χ3n) is 3.68. The number of aromatic nitrogens is 4. The fourth-order valence-electron chi connectivity index (χ4n) is 2.39. The second kappa shape index (κ2) is 4.95. The highest BCUT2D eigenvalue weighted by Crippen LogP contribution is 2.30. The molecular weight excluding hydrogens is 245 g/mol. The number of nitrogens with zero attached hydrogens (tertiary/aromatic N) is 4. The lowest BCUT2D eigenvalue weighted by Crippen LogP contribution is -2.15. The Bertz CT molecular complexity index is 556. The standard InChI is InChI=1S/C13H16FN5/c14-11-6-10(7-12(15)8-11)13-16-17-18-19(13)5-4-9-2-1-3-9/h6-9H,1-5,15H2. The molecule has 1 saturated carbocycles. The maximum absolute atomic E-state index is 13.4. The average molecular weight is 261 g/mol. The molecule has 0 unspecified atom stereocenters. The van der Waals surface area contributed by atoms with Gasteiger partial charge in [-0.3, -0.25) is 0 Å². The zero-order valence-corrected chi connectivity index (χ0v) is 10.6. The summed E-state index contributed by atoms with van der Waals surface area (Å²) in [6, 6.07) is 4.38. The van der Waals surface area contributed by atoms with E-state index in [4.69, 9.17) is 5.73 Å². The molecule has 19 heavy (non-hydrogen) atoms. The second-order valence-electron chi connectivity index (χ2n) is 5.08. The minimum absolute atomic E-state index is 0.372. The predicted molar refractivity (Wildman–Crippen MR) is 69.6 cm³/mol. The summed E-state index contributed by atoms with van der Waals surface area (Å²) in [5.41, 5.74) is 6.65. The van der Waals surface area contributed by atoms with Crippen molar-refractivity contribution in [1.29, 1.82) is 0 Å². The summed E-state index contributed by atoms with van der Waals surface area (Å²) in [7, 11) is 0. The lowest BCUT2D eigenvalue weighted by Gasteiger charge is -2.24. The van der Waals surface area contributed by atoms with Crippen molar-refractivity contribution < 1.29 is 4.39 Å². The van der Waals surface area contributed by atoms with Crippen LogP contribution in [0.4, 0.5) is 10.1 Å². The van der Waals surface area contributed by atoms with Gasteiger partial charge in [0.25, 0.3) is 0 Å². The number of hydrogen-bond acceptors (Lipinski definition) is 4. The first-order valence-corrected chi connectivity index (χ1v) is 6.55. The molecule has 3 rings (SSSR count). The first-order valence-electron chi connectivity index (χ1n) is 6.55. The third-order valence-corrected chi connectivity index (χ3v) is 3.68. The summed E-state index contributed by atoms with van der Waals surface area (Å²) in [5, 5.41) is 11.6. The summed E-state index contributed by atoms with van der Waals surface area (Å²) in [5.74, 6) is 0.990. The van der Waals surface area contributed by atoms with Gasteiger partial charge in [-0.05, 0) is 41.0 Å². The van der Waals surface area contributed by atoms with Crippen molar-refractivity contribution in [3.63, 3.8) is 0 Å². The number of halogens is 1. The van der Waals surface area contributed by atoms with E-state index in [1.807, 2.05) is 0 Å². The van der Waals surface area contributed by atoms with Gasteiger partial charge in [0, 0.05) is 17.8 Å². The van der Waals surface area contributed by atoms with E-state index in [1.54, 1.807) is 10.7 Å². The summed E-state index contributed by atoms with van der Waals surface area (Å²) in [4.78, 5) is 0. The normalized spacial score (nSPS) is 15.4. The molecule has 0 aliphatic heterocycles. The van der Waals surface area contributed by atoms with Crippen LogP contribution in [-0.4, -0.2) is 20.2 Å². The van der Waals surface area contributed by atoms with Gasteiger partial charge in [-0.2, -0.15) is 0 Å². The van der Waals surface area contributed by atoms with Gasteiger partial charge in [-0.25, -0.2) is 9.07 Å². The highest BCUT2D eigenvalue weighted by Gasteiger charge is 2.18. The molecule has 1 aliphatic carbocycles. The van der Waals surface area contributed by atoms with Gasteiger partial charge in [-0.15, -0.1) is 5.10 Å². The number of hydrogen-bond donors (Lipinski definition) is 1. The zero-order chi connectivity index (χ0) is 13.2. The number of rotatable bonds is 4. The molecule has 0 bridgehead atoms. The Hall–Kier alpha value is -1.98. The second-order valence-corrected chi connectivity index (χ2v) is 5.08. The molecule has 1 fully saturated rings. The Morgan fingerprint density at radius 1 is 1.32 bits per heavy atom. The third kappa shape index (κ3) is 2.57. The SMILES string of the molecule is Nc1cc(F)cc(-c2nnnn2CCC2CCC2)c1. The van der Waals surface area contributed by atoms with Crippen molar-refractivity contribution >= 4 is 5.69 Å². The molecule has 2 N–H and O–H groups in total. The Morgan fingerprint density at radius 2 is 2.16 bits per heavy atom. The number of nitrogen functional groups attached to an aromatic ring is 1. The number of benzene rings is 1. The highest BCUT2D eigenvalue weighted by atomic mass is 19.1. The van der Waals surface area contributed by atoms with Crippen LogP contribution >= 0.6 is 0 Å². The van der Waals surface area contributed by atoms with E-state index in [9.17, 15) is 4.39 Å². The van der Waals surface area contributed by atoms with E-state index in [-0.39, 0.29) is 5.82 Å². The molecule has 1 aliphatic rings. The molecule has 1 aromatic carbocycles. The fourth-order valence-corrected chi connectivity index (χ4v) is 2.39. The molecule has 2 aromatic rings. The molecule has 6 heteroatoms. The van der Waals surface area contributed by atoms with Crippen LogP contribution < -0.4 is 5.73 Å². The van der Waals surface area contributed by atoms with Crippen molar-refractivity contribution in [2.24, 2.45) is 5.92 Å². The van der Waals surface area contributed by atoms with Crippen molar-refractivity contribution in [1.82, 2.24) is 20.2 Å². The molecule has 100 valence electrons. The van der Waals surface area contributed by atoms with Crippen LogP contribution in [0.2, 0.25) is 0 Å². The first kappa shape index (κ1) is 12.1. The molecule has 0 amide bonds. The Morgan fingerprint density at radius 3 is 2.84 bits per heavy atom. The van der Waals surface area contributed by atoms with Gasteiger partial charge in [0.1, 0.15) is 5.82 Å². The van der Waals surface area contributed by atoms with Crippen LogP contribution in [0.15, 0.2) is 18.2 Å². The molecule has 5 nitrogen and oxygen atoms in total. The summed E-state index contributed by atoms with van der Waals surface area (Å²) in [6.07, 6.45) is 4.99. The van der Waals surface area contributed by atoms with E-state index >= 15 is 0 Å². The highest BCUT2D eigenvalue weighted by molar-refractivity contribution is 5.61. The van der Waals surface area contributed by atoms with Crippen molar-refractivity contribution in [2.45, 2.75) is 32.2 Å². The van der Waals surface area contributed by atoms with Gasteiger partial charge in [-0.1, -0.05) is 19.3 Å². The van der Waals surface area contributed by atoms with E-state index in [1.165, 1.54) is 31.4 Å². The summed E-state index contributed by atoms with van der Waals surface area (Å²) in [6.45, 7) is 0.767. The molecule has 0 atom stereocenters. The van der Waals surface area contributed by atoms with Crippen molar-refractivity contribution in [3.8, 4) is 11.4 Å². The van der Waals surface area contributed by atoms with Gasteiger partial charge < -0.3 is 5.73 Å². The van der Waals surface area contributed by atoms with Crippen LogP contribution in [0.1, 0.15) is 25.7 Å². The zero-order valence-electron chi connectivity index (χ0n) is 10.6. The molecular formula is C13H16FN5. The summed E-state index contributed by atoms with van der Waals surface area (Å²) < 4.78 is 15.1. The lowest BCUT2D eigenvalue weighted by atomic mass is 9.83. The van der Waals surface area contributed by atoms with Gasteiger partial charge in [0.05, 0.1) is 0 Å². The number of aryl methyl sites for hydroxylation is 1. The Balaban J connectivity index is 1.81. The summed E-state index contributed by atoms with van der Waals surface area (Å²) >= 11 is 0. The van der Waals surface area contributed by atoms with E-state index in [2.05, 4.69) is 15.5 Å². The minimum Gasteiger partial charge on any atom is -0.399 e. The fraction of sp³-hybridized carbons (Fsp3) is 0.462. The van der Waals surface area contributed by atoms with Crippen LogP contribution in [0.3, 0.4) is 0 Å². The van der Waals surface area contributed by atoms with Crippen LogP contribution in [0, 0.1) is 11.7 Å².